The number of hydrogen-bond acceptors (Lipinski definition) is 5. The first kappa shape index (κ1) is 14.6. The van der Waals surface area contributed by atoms with E-state index in [4.69, 9.17) is 5.26 Å². The van der Waals surface area contributed by atoms with Crippen LogP contribution in [-0.4, -0.2) is 28.8 Å². The van der Waals surface area contributed by atoms with Crippen molar-refractivity contribution in [2.75, 3.05) is 12.0 Å². The van der Waals surface area contributed by atoms with Crippen LogP contribution in [0, 0.1) is 11.3 Å². The fourth-order valence-electron chi connectivity index (χ4n) is 1.18. The number of sulfone groups is 1. The molecular formula is C10H12N2O4S2. The van der Waals surface area contributed by atoms with Crippen molar-refractivity contribution in [2.45, 2.75) is 11.4 Å². The first-order valence-electron chi connectivity index (χ1n) is 4.88. The van der Waals surface area contributed by atoms with E-state index < -0.39 is 25.6 Å². The number of rotatable bonds is 5. The lowest BCUT2D eigenvalue weighted by Gasteiger charge is -2.04. The highest BCUT2D eigenvalue weighted by molar-refractivity contribution is 7.90. The molecule has 0 saturated heterocycles. The largest absolute Gasteiger partial charge is 0.225 e. The number of nitrogens with one attached hydrogen (secondary N) is 1. The maximum absolute atomic E-state index is 11.2. The first-order valence-corrected chi connectivity index (χ1v) is 8.42. The third-order valence-electron chi connectivity index (χ3n) is 2.10. The van der Waals surface area contributed by atoms with Crippen LogP contribution in [0.5, 0.6) is 0 Å². The summed E-state index contributed by atoms with van der Waals surface area (Å²) in [6, 6.07) is 7.39. The van der Waals surface area contributed by atoms with Crippen LogP contribution < -0.4 is 4.72 Å². The summed E-state index contributed by atoms with van der Waals surface area (Å²) in [5.74, 6) is -0.603. The summed E-state index contributed by atoms with van der Waals surface area (Å²) < 4.78 is 47.0. The molecule has 98 valence electrons. The molecule has 0 aromatic heterocycles. The highest BCUT2D eigenvalue weighted by Gasteiger charge is 2.10. The molecule has 1 aromatic carbocycles. The van der Waals surface area contributed by atoms with Crippen LogP contribution in [0.15, 0.2) is 29.2 Å². The van der Waals surface area contributed by atoms with Crippen LogP contribution in [0.3, 0.4) is 0 Å². The topological polar surface area (TPSA) is 104 Å². The fraction of sp³-hybridized carbons (Fsp3) is 0.300. The van der Waals surface area contributed by atoms with Crippen molar-refractivity contribution in [3.63, 3.8) is 0 Å². The van der Waals surface area contributed by atoms with Crippen LogP contribution >= 0.6 is 0 Å². The van der Waals surface area contributed by atoms with Crippen LogP contribution in [0.4, 0.5) is 0 Å². The maximum Gasteiger partial charge on any atom is 0.225 e. The van der Waals surface area contributed by atoms with E-state index >= 15 is 0 Å². The van der Waals surface area contributed by atoms with E-state index in [1.54, 1.807) is 6.07 Å². The molecule has 1 aromatic rings. The Morgan fingerprint density at radius 1 is 1.17 bits per heavy atom. The van der Waals surface area contributed by atoms with E-state index in [-0.39, 0.29) is 11.4 Å². The molecule has 0 aliphatic rings. The highest BCUT2D eigenvalue weighted by Crippen LogP contribution is 2.10. The smallest absolute Gasteiger partial charge is 0.224 e. The van der Waals surface area contributed by atoms with E-state index in [0.29, 0.717) is 5.56 Å². The molecule has 0 fully saturated rings. The van der Waals surface area contributed by atoms with Crippen LogP contribution in [0.2, 0.25) is 0 Å². The van der Waals surface area contributed by atoms with E-state index in [2.05, 4.69) is 4.72 Å². The van der Waals surface area contributed by atoms with E-state index in [0.717, 1.165) is 6.26 Å². The van der Waals surface area contributed by atoms with Gasteiger partial charge in [0.25, 0.3) is 0 Å². The number of nitriles is 1. The Kier molecular flexibility index (Phi) is 4.45. The van der Waals surface area contributed by atoms with Gasteiger partial charge in [0.1, 0.15) is 0 Å². The van der Waals surface area contributed by atoms with Crippen LogP contribution in [0.25, 0.3) is 0 Å². The maximum atomic E-state index is 11.2. The Balaban J connectivity index is 2.75. The fourth-order valence-corrected chi connectivity index (χ4v) is 2.47. The van der Waals surface area contributed by atoms with Crippen molar-refractivity contribution in [1.82, 2.24) is 4.72 Å². The Labute approximate surface area is 106 Å². The quantitative estimate of drug-likeness (QED) is 0.823. The number of nitrogens with zero attached hydrogens (tertiary/aromatic N) is 1. The Morgan fingerprint density at radius 2 is 1.72 bits per heavy atom. The minimum atomic E-state index is -3.60. The zero-order valence-electron chi connectivity index (χ0n) is 9.62. The van der Waals surface area contributed by atoms with Gasteiger partial charge in [0, 0.05) is 12.8 Å². The van der Waals surface area contributed by atoms with Gasteiger partial charge in [0.15, 0.2) is 15.6 Å². The Hall–Kier alpha value is -1.43. The molecular weight excluding hydrogens is 276 g/mol. The molecule has 1 N–H and O–H groups in total. The Morgan fingerprint density at radius 3 is 2.17 bits per heavy atom. The summed E-state index contributed by atoms with van der Waals surface area (Å²) >= 11 is 0. The minimum Gasteiger partial charge on any atom is -0.224 e. The van der Waals surface area contributed by atoms with Gasteiger partial charge in [-0.2, -0.15) is 5.26 Å². The summed E-state index contributed by atoms with van der Waals surface area (Å²) in [4.78, 5) is 0.172. The molecule has 8 heteroatoms. The van der Waals surface area contributed by atoms with Gasteiger partial charge in [-0.1, -0.05) is 12.1 Å². The highest BCUT2D eigenvalue weighted by atomic mass is 32.2. The molecule has 0 unspecified atom stereocenters. The van der Waals surface area contributed by atoms with Gasteiger partial charge in [-0.25, -0.2) is 21.6 Å². The molecule has 6 nitrogen and oxygen atoms in total. The number of benzene rings is 1. The lowest BCUT2D eigenvalue weighted by atomic mass is 10.2. The lowest BCUT2D eigenvalue weighted by Crippen LogP contribution is -2.25. The van der Waals surface area contributed by atoms with E-state index in [9.17, 15) is 16.8 Å². The zero-order valence-corrected chi connectivity index (χ0v) is 11.3. The van der Waals surface area contributed by atoms with Gasteiger partial charge >= 0.3 is 0 Å². The van der Waals surface area contributed by atoms with Crippen molar-refractivity contribution < 1.29 is 16.8 Å². The second-order valence-corrected chi connectivity index (χ2v) is 7.48. The second-order valence-electron chi connectivity index (χ2n) is 3.65. The summed E-state index contributed by atoms with van der Waals surface area (Å²) in [5.41, 5.74) is 0.615. The minimum absolute atomic E-state index is 0.0219. The van der Waals surface area contributed by atoms with Gasteiger partial charge in [-0.05, 0) is 17.7 Å². The van der Waals surface area contributed by atoms with E-state index in [1.807, 2.05) is 0 Å². The van der Waals surface area contributed by atoms with Crippen molar-refractivity contribution in [1.29, 1.82) is 5.26 Å². The van der Waals surface area contributed by atoms with Crippen molar-refractivity contribution in [3.8, 4) is 6.07 Å². The summed E-state index contributed by atoms with van der Waals surface area (Å²) in [6.45, 7) is 0.0219. The average Bonchev–Trinajstić information content (AvgIpc) is 2.26. The predicted octanol–water partition coefficient (Wildman–Crippen LogP) is 0.0331. The monoisotopic (exact) mass is 288 g/mol. The Bertz CT molecular complexity index is 655. The predicted molar refractivity (Wildman–Crippen MR) is 65.8 cm³/mol. The molecule has 0 spiro atoms. The van der Waals surface area contributed by atoms with E-state index in [1.165, 1.54) is 24.3 Å². The molecule has 0 radical (unpaired) electrons. The van der Waals surface area contributed by atoms with Crippen LogP contribution in [0.1, 0.15) is 5.56 Å². The third kappa shape index (κ3) is 4.44. The summed E-state index contributed by atoms with van der Waals surface area (Å²) in [7, 11) is -6.85. The standard InChI is InChI=1S/C10H12N2O4S2/c1-17(13,14)10-4-2-9(3-5-10)8-12-18(15,16)7-6-11/h2-5,12H,7-8H2,1H3. The number of hydrogen-bond donors (Lipinski definition) is 1. The van der Waals surface area contributed by atoms with Crippen molar-refractivity contribution in [2.24, 2.45) is 0 Å². The molecule has 1 rings (SSSR count). The molecule has 0 bridgehead atoms. The first-order chi connectivity index (χ1) is 8.24. The summed E-state index contributed by atoms with van der Waals surface area (Å²) in [6.07, 6.45) is 1.09. The molecule has 0 saturated carbocycles. The second kappa shape index (κ2) is 5.48. The van der Waals surface area contributed by atoms with Gasteiger partial charge in [0.05, 0.1) is 11.0 Å². The molecule has 0 aliphatic heterocycles. The van der Waals surface area contributed by atoms with Gasteiger partial charge < -0.3 is 0 Å². The molecule has 18 heavy (non-hydrogen) atoms. The summed E-state index contributed by atoms with van der Waals surface area (Å²) in [5, 5.41) is 8.29. The van der Waals surface area contributed by atoms with Crippen molar-refractivity contribution in [3.05, 3.63) is 29.8 Å². The zero-order chi connectivity index (χ0) is 13.8. The van der Waals surface area contributed by atoms with Gasteiger partial charge in [-0.3, -0.25) is 0 Å². The van der Waals surface area contributed by atoms with Gasteiger partial charge in [0.2, 0.25) is 10.0 Å². The normalized spacial score (nSPS) is 12.0. The molecule has 0 aliphatic carbocycles. The number of sulfonamides is 1. The molecule has 0 amide bonds. The van der Waals surface area contributed by atoms with Crippen molar-refractivity contribution >= 4 is 19.9 Å². The SMILES string of the molecule is CS(=O)(=O)c1ccc(CNS(=O)(=O)CC#N)cc1. The van der Waals surface area contributed by atoms with Gasteiger partial charge in [-0.15, -0.1) is 0 Å². The molecule has 0 heterocycles. The lowest BCUT2D eigenvalue weighted by molar-refractivity contribution is 0.584. The average molecular weight is 288 g/mol. The third-order valence-corrected chi connectivity index (χ3v) is 4.32. The van der Waals surface area contributed by atoms with Crippen LogP contribution in [-0.2, 0) is 26.4 Å². The molecule has 0 atom stereocenters.